The van der Waals surface area contributed by atoms with Crippen LogP contribution in [-0.4, -0.2) is 33.6 Å². The number of fused-ring (bicyclic) bond motifs is 2. The Morgan fingerprint density at radius 2 is 1.73 bits per heavy atom. The SMILES string of the molecule is CC(=O)N1C(=O)[C@]2(OC(c3ccncc3)=NN2C(C)=O)c2ccccc21. The molecule has 1 atom stereocenters. The molecule has 1 spiro atoms. The van der Waals surface area contributed by atoms with E-state index < -0.39 is 23.4 Å². The van der Waals surface area contributed by atoms with Gasteiger partial charge in [0, 0.05) is 31.8 Å². The van der Waals surface area contributed by atoms with Crippen molar-refractivity contribution < 1.29 is 19.1 Å². The van der Waals surface area contributed by atoms with Crippen LogP contribution in [0.15, 0.2) is 53.9 Å². The first-order valence-corrected chi connectivity index (χ1v) is 7.90. The molecular weight excluding hydrogens is 336 g/mol. The highest BCUT2D eigenvalue weighted by atomic mass is 16.6. The van der Waals surface area contributed by atoms with E-state index in [0.717, 1.165) is 9.91 Å². The van der Waals surface area contributed by atoms with E-state index in [-0.39, 0.29) is 5.90 Å². The molecule has 1 aromatic carbocycles. The molecule has 2 aliphatic heterocycles. The second kappa shape index (κ2) is 5.48. The molecule has 3 heterocycles. The number of imide groups is 1. The van der Waals surface area contributed by atoms with Gasteiger partial charge < -0.3 is 4.74 Å². The molecular formula is C18H14N4O4. The second-order valence-corrected chi connectivity index (χ2v) is 5.89. The first kappa shape index (κ1) is 15.9. The van der Waals surface area contributed by atoms with Gasteiger partial charge in [0.05, 0.1) is 11.3 Å². The quantitative estimate of drug-likeness (QED) is 0.774. The predicted octanol–water partition coefficient (Wildman–Crippen LogP) is 1.37. The van der Waals surface area contributed by atoms with Gasteiger partial charge in [-0.05, 0) is 18.2 Å². The van der Waals surface area contributed by atoms with Gasteiger partial charge in [-0.25, -0.2) is 4.90 Å². The molecule has 0 aliphatic carbocycles. The molecule has 1 aromatic heterocycles. The van der Waals surface area contributed by atoms with Gasteiger partial charge in [-0.2, -0.15) is 5.01 Å². The molecule has 2 aromatic rings. The van der Waals surface area contributed by atoms with E-state index in [1.54, 1.807) is 48.8 Å². The third-order valence-electron chi connectivity index (χ3n) is 4.28. The number of ether oxygens (including phenoxy) is 1. The van der Waals surface area contributed by atoms with Crippen molar-refractivity contribution in [3.63, 3.8) is 0 Å². The minimum atomic E-state index is -1.83. The van der Waals surface area contributed by atoms with Crippen molar-refractivity contribution in [1.29, 1.82) is 0 Å². The van der Waals surface area contributed by atoms with E-state index in [2.05, 4.69) is 10.1 Å². The number of anilines is 1. The van der Waals surface area contributed by atoms with Gasteiger partial charge in [-0.1, -0.05) is 18.2 Å². The summed E-state index contributed by atoms with van der Waals surface area (Å²) < 4.78 is 5.97. The number of benzene rings is 1. The zero-order chi connectivity index (χ0) is 18.5. The lowest BCUT2D eigenvalue weighted by Crippen LogP contribution is -2.52. The van der Waals surface area contributed by atoms with Crippen molar-refractivity contribution in [1.82, 2.24) is 9.99 Å². The lowest BCUT2D eigenvalue weighted by atomic mass is 10.0. The Morgan fingerprint density at radius 3 is 2.38 bits per heavy atom. The zero-order valence-electron chi connectivity index (χ0n) is 14.0. The molecule has 0 radical (unpaired) electrons. The number of carbonyl (C=O) groups is 3. The van der Waals surface area contributed by atoms with Crippen LogP contribution < -0.4 is 4.90 Å². The van der Waals surface area contributed by atoms with Crippen LogP contribution in [0.2, 0.25) is 0 Å². The molecule has 26 heavy (non-hydrogen) atoms. The average molecular weight is 350 g/mol. The van der Waals surface area contributed by atoms with E-state index in [9.17, 15) is 14.4 Å². The molecule has 0 saturated carbocycles. The van der Waals surface area contributed by atoms with Crippen LogP contribution in [0, 0.1) is 0 Å². The van der Waals surface area contributed by atoms with E-state index in [0.29, 0.717) is 16.8 Å². The maximum absolute atomic E-state index is 13.2. The number of hydrazone groups is 1. The van der Waals surface area contributed by atoms with Crippen LogP contribution in [0.5, 0.6) is 0 Å². The number of nitrogens with zero attached hydrogens (tertiary/aromatic N) is 4. The molecule has 8 heteroatoms. The lowest BCUT2D eigenvalue weighted by Gasteiger charge is -2.28. The molecule has 4 rings (SSSR count). The Kier molecular flexibility index (Phi) is 3.36. The molecule has 0 fully saturated rings. The lowest BCUT2D eigenvalue weighted by molar-refractivity contribution is -0.162. The Hall–Kier alpha value is -3.55. The first-order chi connectivity index (χ1) is 12.5. The van der Waals surface area contributed by atoms with Crippen LogP contribution in [0.4, 0.5) is 5.69 Å². The van der Waals surface area contributed by atoms with Crippen LogP contribution in [0.25, 0.3) is 0 Å². The summed E-state index contributed by atoms with van der Waals surface area (Å²) in [5.41, 5.74) is -0.493. The van der Waals surface area contributed by atoms with Crippen molar-refractivity contribution >= 4 is 29.3 Å². The first-order valence-electron chi connectivity index (χ1n) is 7.90. The Labute approximate surface area is 148 Å². The van der Waals surface area contributed by atoms with Crippen molar-refractivity contribution in [2.75, 3.05) is 4.90 Å². The van der Waals surface area contributed by atoms with Gasteiger partial charge in [0.15, 0.2) is 0 Å². The summed E-state index contributed by atoms with van der Waals surface area (Å²) in [6, 6.07) is 10.0. The number of amides is 3. The summed E-state index contributed by atoms with van der Waals surface area (Å²) in [7, 11) is 0. The number of pyridine rings is 1. The van der Waals surface area contributed by atoms with Crippen molar-refractivity contribution in [2.45, 2.75) is 19.6 Å². The molecule has 130 valence electrons. The highest BCUT2D eigenvalue weighted by Crippen LogP contribution is 2.48. The molecule has 0 N–H and O–H groups in total. The Morgan fingerprint density at radius 1 is 1.04 bits per heavy atom. The summed E-state index contributed by atoms with van der Waals surface area (Å²) in [4.78, 5) is 42.5. The highest BCUT2D eigenvalue weighted by Gasteiger charge is 2.63. The van der Waals surface area contributed by atoms with Crippen LogP contribution in [0.3, 0.4) is 0 Å². The fraction of sp³-hybridized carbons (Fsp3) is 0.167. The van der Waals surface area contributed by atoms with E-state index in [1.807, 2.05) is 0 Å². The number of hydrogen-bond donors (Lipinski definition) is 0. The zero-order valence-corrected chi connectivity index (χ0v) is 14.0. The van der Waals surface area contributed by atoms with Crippen molar-refractivity contribution in [3.8, 4) is 0 Å². The molecule has 3 amide bonds. The monoisotopic (exact) mass is 350 g/mol. The molecule has 2 aliphatic rings. The molecule has 0 bridgehead atoms. The minimum Gasteiger partial charge on any atom is -0.433 e. The largest absolute Gasteiger partial charge is 0.433 e. The van der Waals surface area contributed by atoms with E-state index in [4.69, 9.17) is 4.74 Å². The second-order valence-electron chi connectivity index (χ2n) is 5.89. The normalized spacial score (nSPS) is 20.8. The number of para-hydroxylation sites is 1. The third-order valence-corrected chi connectivity index (χ3v) is 4.28. The fourth-order valence-corrected chi connectivity index (χ4v) is 3.22. The topological polar surface area (TPSA) is 92.2 Å². The summed E-state index contributed by atoms with van der Waals surface area (Å²) in [5.74, 6) is -1.52. The maximum atomic E-state index is 13.2. The van der Waals surface area contributed by atoms with Crippen molar-refractivity contribution in [2.24, 2.45) is 5.10 Å². The maximum Gasteiger partial charge on any atom is 0.314 e. The molecule has 0 saturated heterocycles. The highest BCUT2D eigenvalue weighted by molar-refractivity contribution is 6.23. The average Bonchev–Trinajstić information content (AvgIpc) is 3.15. The van der Waals surface area contributed by atoms with Crippen molar-refractivity contribution in [3.05, 3.63) is 59.9 Å². The van der Waals surface area contributed by atoms with Gasteiger partial charge in [-0.15, -0.1) is 5.10 Å². The van der Waals surface area contributed by atoms with Crippen LogP contribution in [0.1, 0.15) is 25.0 Å². The summed E-state index contributed by atoms with van der Waals surface area (Å²) in [5, 5.41) is 5.22. The Bertz CT molecular complexity index is 972. The van der Waals surface area contributed by atoms with Gasteiger partial charge in [0.1, 0.15) is 0 Å². The van der Waals surface area contributed by atoms with Crippen LogP contribution in [-0.2, 0) is 24.8 Å². The predicted molar refractivity (Wildman–Crippen MR) is 90.7 cm³/mol. The molecule has 8 nitrogen and oxygen atoms in total. The summed E-state index contributed by atoms with van der Waals surface area (Å²) >= 11 is 0. The number of carbonyl (C=O) groups excluding carboxylic acids is 3. The third kappa shape index (κ3) is 1.98. The van der Waals surface area contributed by atoms with Gasteiger partial charge >= 0.3 is 11.6 Å². The Balaban J connectivity index is 1.92. The number of hydrogen-bond acceptors (Lipinski definition) is 6. The summed E-state index contributed by atoms with van der Waals surface area (Å²) in [6.45, 7) is 2.57. The van der Waals surface area contributed by atoms with E-state index in [1.165, 1.54) is 13.8 Å². The van der Waals surface area contributed by atoms with Crippen LogP contribution >= 0.6 is 0 Å². The fourth-order valence-electron chi connectivity index (χ4n) is 3.22. The van der Waals surface area contributed by atoms with Gasteiger partial charge in [0.25, 0.3) is 0 Å². The molecule has 0 unspecified atom stereocenters. The van der Waals surface area contributed by atoms with Gasteiger partial charge in [0.2, 0.25) is 17.7 Å². The minimum absolute atomic E-state index is 0.108. The van der Waals surface area contributed by atoms with E-state index >= 15 is 0 Å². The standard InChI is InChI=1S/C18H14N4O4/c1-11(23)21-15-6-4-3-5-14(15)18(17(21)25)22(12(2)24)20-16(26-18)13-7-9-19-10-8-13/h3-10H,1-2H3/t18-/m1/s1. The van der Waals surface area contributed by atoms with Gasteiger partial charge in [-0.3, -0.25) is 19.4 Å². The summed E-state index contributed by atoms with van der Waals surface area (Å²) in [6.07, 6.45) is 3.10. The smallest absolute Gasteiger partial charge is 0.314 e. The number of aromatic nitrogens is 1. The number of rotatable bonds is 1.